The van der Waals surface area contributed by atoms with E-state index in [-0.39, 0.29) is 11.1 Å². The highest BCUT2D eigenvalue weighted by molar-refractivity contribution is 6.73. The number of ketones is 1. The molecule has 0 saturated carbocycles. The highest BCUT2D eigenvalue weighted by Gasteiger charge is 2.64. The zero-order valence-corrected chi connectivity index (χ0v) is 16.8. The normalized spacial score (nSPS) is 14.6. The smallest absolute Gasteiger partial charge is 0.394 e. The van der Waals surface area contributed by atoms with Gasteiger partial charge in [0.25, 0.3) is 0 Å². The number of carbonyl (C=O) groups is 1. The predicted molar refractivity (Wildman–Crippen MR) is 103 cm³/mol. The molecule has 0 fully saturated rings. The SMILES string of the molecule is CC[Si](CC)(CC)OC(C(=O)c1ccccc1)(c1ccccc1)C(F)(F)F. The number of carbonyl (C=O) groups excluding carboxylic acids is 1. The summed E-state index contributed by atoms with van der Waals surface area (Å²) in [5, 5.41) is 0. The lowest BCUT2D eigenvalue weighted by molar-refractivity contribution is -0.235. The number of hydrogen-bond acceptors (Lipinski definition) is 2. The fourth-order valence-electron chi connectivity index (χ4n) is 3.34. The first-order valence-electron chi connectivity index (χ1n) is 9.18. The van der Waals surface area contributed by atoms with Crippen molar-refractivity contribution in [3.63, 3.8) is 0 Å². The zero-order chi connectivity index (χ0) is 20.1. The van der Waals surface area contributed by atoms with E-state index in [9.17, 15) is 18.0 Å². The molecule has 6 heteroatoms. The van der Waals surface area contributed by atoms with E-state index in [0.29, 0.717) is 18.1 Å². The first-order chi connectivity index (χ1) is 12.8. The summed E-state index contributed by atoms with van der Waals surface area (Å²) in [6, 6.07) is 16.4. The van der Waals surface area contributed by atoms with Crippen LogP contribution in [0.25, 0.3) is 0 Å². The molecule has 1 unspecified atom stereocenters. The third-order valence-corrected chi connectivity index (χ3v) is 9.84. The van der Waals surface area contributed by atoms with Gasteiger partial charge in [-0.05, 0) is 23.7 Å². The van der Waals surface area contributed by atoms with Gasteiger partial charge in [-0.25, -0.2) is 0 Å². The van der Waals surface area contributed by atoms with Gasteiger partial charge >= 0.3 is 6.18 Å². The summed E-state index contributed by atoms with van der Waals surface area (Å²) in [5.41, 5.74) is -3.17. The van der Waals surface area contributed by atoms with Crippen LogP contribution in [-0.4, -0.2) is 20.3 Å². The van der Waals surface area contributed by atoms with Crippen molar-refractivity contribution in [1.29, 1.82) is 0 Å². The van der Waals surface area contributed by atoms with Gasteiger partial charge in [0.2, 0.25) is 11.4 Å². The molecular weight excluding hydrogens is 369 g/mol. The van der Waals surface area contributed by atoms with Gasteiger partial charge in [-0.3, -0.25) is 4.79 Å². The van der Waals surface area contributed by atoms with Crippen LogP contribution in [0.4, 0.5) is 13.2 Å². The molecule has 0 spiro atoms. The Hall–Kier alpha value is -1.92. The Bertz CT molecular complexity index is 735. The number of rotatable bonds is 8. The minimum absolute atomic E-state index is 0.00936. The summed E-state index contributed by atoms with van der Waals surface area (Å²) in [5.74, 6) is -1.06. The Kier molecular flexibility index (Phi) is 6.65. The molecule has 2 rings (SSSR count). The van der Waals surface area contributed by atoms with E-state index >= 15 is 0 Å². The number of halogens is 3. The Morgan fingerprint density at radius 2 is 1.30 bits per heavy atom. The van der Waals surface area contributed by atoms with Crippen LogP contribution < -0.4 is 0 Å². The molecule has 0 radical (unpaired) electrons. The number of hydrogen-bond donors (Lipinski definition) is 0. The van der Waals surface area contributed by atoms with Gasteiger partial charge in [0, 0.05) is 5.56 Å². The first-order valence-corrected chi connectivity index (χ1v) is 11.7. The summed E-state index contributed by atoms with van der Waals surface area (Å²) < 4.78 is 49.8. The molecule has 0 aliphatic carbocycles. The summed E-state index contributed by atoms with van der Waals surface area (Å²) in [7, 11) is -2.78. The second-order valence-electron chi connectivity index (χ2n) is 6.59. The molecule has 0 amide bonds. The monoisotopic (exact) mass is 394 g/mol. The molecule has 1 atom stereocenters. The van der Waals surface area contributed by atoms with Gasteiger partial charge in [0.05, 0.1) is 0 Å². The van der Waals surface area contributed by atoms with Crippen LogP contribution in [0, 0.1) is 0 Å². The van der Waals surface area contributed by atoms with Gasteiger partial charge < -0.3 is 4.43 Å². The van der Waals surface area contributed by atoms with Crippen LogP contribution in [0.2, 0.25) is 18.1 Å². The lowest BCUT2D eigenvalue weighted by Crippen LogP contribution is -2.58. The lowest BCUT2D eigenvalue weighted by atomic mass is 9.85. The molecule has 2 aromatic rings. The second-order valence-corrected chi connectivity index (χ2v) is 11.3. The molecule has 146 valence electrons. The van der Waals surface area contributed by atoms with E-state index in [4.69, 9.17) is 4.43 Å². The fourth-order valence-corrected chi connectivity index (χ4v) is 6.25. The van der Waals surface area contributed by atoms with E-state index < -0.39 is 25.9 Å². The maximum Gasteiger partial charge on any atom is 0.428 e. The molecule has 2 nitrogen and oxygen atoms in total. The Labute approximate surface area is 159 Å². The average molecular weight is 395 g/mol. The fraction of sp³-hybridized carbons (Fsp3) is 0.381. The summed E-state index contributed by atoms with van der Waals surface area (Å²) in [6.07, 6.45) is -4.89. The summed E-state index contributed by atoms with van der Waals surface area (Å²) in [4.78, 5) is 13.3. The minimum atomic E-state index is -4.89. The van der Waals surface area contributed by atoms with E-state index in [1.165, 1.54) is 36.4 Å². The molecule has 0 N–H and O–H groups in total. The molecule has 0 aromatic heterocycles. The average Bonchev–Trinajstić information content (AvgIpc) is 2.69. The molecule has 0 bridgehead atoms. The van der Waals surface area contributed by atoms with Crippen molar-refractivity contribution < 1.29 is 22.4 Å². The largest absolute Gasteiger partial charge is 0.428 e. The van der Waals surface area contributed by atoms with Crippen LogP contribution in [0.5, 0.6) is 0 Å². The standard InChI is InChI=1S/C21H25F3O2Si/c1-4-27(5-2,6-3)26-20(21(22,23)24,18-15-11-8-12-16-18)19(25)17-13-9-7-10-14-17/h7-16H,4-6H2,1-3H3. The van der Waals surface area contributed by atoms with Crippen molar-refractivity contribution in [2.24, 2.45) is 0 Å². The van der Waals surface area contributed by atoms with Crippen LogP contribution in [0.1, 0.15) is 36.7 Å². The highest BCUT2D eigenvalue weighted by Crippen LogP contribution is 2.48. The van der Waals surface area contributed by atoms with Gasteiger partial charge in [0.15, 0.2) is 8.32 Å². The van der Waals surface area contributed by atoms with Crippen LogP contribution >= 0.6 is 0 Å². The predicted octanol–water partition coefficient (Wildman–Crippen LogP) is 6.35. The molecule has 0 aliphatic heterocycles. The summed E-state index contributed by atoms with van der Waals surface area (Å²) in [6.45, 7) is 5.54. The third-order valence-electron chi connectivity index (χ3n) is 5.24. The van der Waals surface area contributed by atoms with Crippen molar-refractivity contribution >= 4 is 14.1 Å². The van der Waals surface area contributed by atoms with E-state index in [1.54, 1.807) is 24.3 Å². The van der Waals surface area contributed by atoms with Crippen LogP contribution in [0.3, 0.4) is 0 Å². The van der Waals surface area contributed by atoms with Crippen molar-refractivity contribution in [3.05, 3.63) is 71.8 Å². The van der Waals surface area contributed by atoms with Gasteiger partial charge in [0.1, 0.15) is 0 Å². The number of Topliss-reactive ketones (excluding diaryl/α,β-unsaturated/α-hetero) is 1. The molecular formula is C21H25F3O2Si. The Morgan fingerprint density at radius 1 is 0.852 bits per heavy atom. The summed E-state index contributed by atoms with van der Waals surface area (Å²) >= 11 is 0. The van der Waals surface area contributed by atoms with Crippen molar-refractivity contribution in [2.45, 2.75) is 50.7 Å². The Balaban J connectivity index is 2.77. The van der Waals surface area contributed by atoms with Crippen molar-refractivity contribution in [3.8, 4) is 0 Å². The van der Waals surface area contributed by atoms with Crippen LogP contribution in [0.15, 0.2) is 60.7 Å². The topological polar surface area (TPSA) is 26.3 Å². The maximum absolute atomic E-state index is 14.6. The molecule has 27 heavy (non-hydrogen) atoms. The van der Waals surface area contributed by atoms with Crippen molar-refractivity contribution in [2.75, 3.05) is 0 Å². The zero-order valence-electron chi connectivity index (χ0n) is 15.8. The molecule has 0 saturated heterocycles. The van der Waals surface area contributed by atoms with Gasteiger partial charge in [-0.2, -0.15) is 13.2 Å². The number of alkyl halides is 3. The maximum atomic E-state index is 14.6. The number of benzene rings is 2. The quantitative estimate of drug-likeness (QED) is 0.385. The highest BCUT2D eigenvalue weighted by atomic mass is 28.4. The van der Waals surface area contributed by atoms with E-state index in [1.807, 2.05) is 20.8 Å². The van der Waals surface area contributed by atoms with Crippen molar-refractivity contribution in [1.82, 2.24) is 0 Å². The van der Waals surface area contributed by atoms with Gasteiger partial charge in [-0.15, -0.1) is 0 Å². The van der Waals surface area contributed by atoms with E-state index in [2.05, 4.69) is 0 Å². The van der Waals surface area contributed by atoms with Crippen LogP contribution in [-0.2, 0) is 10.0 Å². The lowest BCUT2D eigenvalue weighted by Gasteiger charge is -2.42. The molecule has 2 aromatic carbocycles. The first kappa shape index (κ1) is 21.4. The minimum Gasteiger partial charge on any atom is -0.394 e. The molecule has 0 aliphatic rings. The third kappa shape index (κ3) is 4.01. The molecule has 0 heterocycles. The second kappa shape index (κ2) is 8.40. The van der Waals surface area contributed by atoms with E-state index in [0.717, 1.165) is 0 Å². The van der Waals surface area contributed by atoms with Gasteiger partial charge in [-0.1, -0.05) is 81.4 Å². The Morgan fingerprint density at radius 3 is 1.70 bits per heavy atom.